The van der Waals surface area contributed by atoms with Gasteiger partial charge < -0.3 is 0 Å². The van der Waals surface area contributed by atoms with Crippen LogP contribution in [0.3, 0.4) is 0 Å². The summed E-state index contributed by atoms with van der Waals surface area (Å²) in [6, 6.07) is 0. The van der Waals surface area contributed by atoms with Crippen LogP contribution in [0.25, 0.3) is 0 Å². The van der Waals surface area contributed by atoms with E-state index in [-0.39, 0.29) is 0 Å². The molecule has 0 amide bonds. The van der Waals surface area contributed by atoms with Gasteiger partial charge in [0, 0.05) is 5.92 Å². The zero-order valence-electron chi connectivity index (χ0n) is 6.96. The fourth-order valence-corrected chi connectivity index (χ4v) is 3.50. The molecule has 2 rings (SSSR count). The van der Waals surface area contributed by atoms with Crippen molar-refractivity contribution in [3.05, 3.63) is 8.02 Å². The molecule has 1 fully saturated rings. The summed E-state index contributed by atoms with van der Waals surface area (Å²) in [6.45, 7) is 2.33. The van der Waals surface area contributed by atoms with Crippen LogP contribution in [-0.2, 0) is 0 Å². The minimum absolute atomic E-state index is 0.700. The molecule has 0 aromatic carbocycles. The summed E-state index contributed by atoms with van der Waals surface area (Å²) in [7, 11) is 0. The summed E-state index contributed by atoms with van der Waals surface area (Å²) in [5, 5.41) is 9.51. The zero-order chi connectivity index (χ0) is 8.55. The molecule has 0 radical (unpaired) electrons. The highest BCUT2D eigenvalue weighted by atomic mass is 127. The summed E-state index contributed by atoms with van der Waals surface area (Å²) >= 11 is 3.99. The van der Waals surface area contributed by atoms with Crippen LogP contribution in [0.5, 0.6) is 0 Å². The van der Waals surface area contributed by atoms with E-state index in [0.29, 0.717) is 5.92 Å². The second kappa shape index (κ2) is 3.57. The molecule has 2 atom stereocenters. The van der Waals surface area contributed by atoms with Gasteiger partial charge in [0.2, 0.25) is 0 Å². The van der Waals surface area contributed by atoms with Gasteiger partial charge >= 0.3 is 0 Å². The van der Waals surface area contributed by atoms with Crippen LogP contribution in [0.15, 0.2) is 0 Å². The first-order valence-electron chi connectivity index (χ1n) is 4.26. The monoisotopic (exact) mass is 294 g/mol. The van der Waals surface area contributed by atoms with Crippen LogP contribution in [0.2, 0.25) is 0 Å². The zero-order valence-corrected chi connectivity index (χ0v) is 9.93. The van der Waals surface area contributed by atoms with E-state index in [1.54, 1.807) is 11.3 Å². The molecule has 1 aromatic rings. The smallest absolute Gasteiger partial charge is 0.142 e. The number of halogens is 1. The van der Waals surface area contributed by atoms with E-state index in [9.17, 15) is 0 Å². The molecule has 0 saturated heterocycles. The Hall–Kier alpha value is 0.290. The topological polar surface area (TPSA) is 25.8 Å². The average molecular weight is 294 g/mol. The predicted molar refractivity (Wildman–Crippen MR) is 58.4 cm³/mol. The molecular formula is C8H11IN2S. The first kappa shape index (κ1) is 8.87. The third-order valence-corrected chi connectivity index (χ3v) is 4.31. The normalized spacial score (nSPS) is 29.5. The predicted octanol–water partition coefficient (Wildman–Crippen LogP) is 3.05. The summed E-state index contributed by atoms with van der Waals surface area (Å²) in [5.74, 6) is 1.51. The highest BCUT2D eigenvalue weighted by molar-refractivity contribution is 14.1. The standard InChI is InChI=1S/C8H11IN2S/c1-5-3-2-4-6(5)7-10-11-8(9)12-7/h5-6H,2-4H2,1H3. The van der Waals surface area contributed by atoms with E-state index in [0.717, 1.165) is 8.93 Å². The van der Waals surface area contributed by atoms with Gasteiger partial charge in [0.15, 0.2) is 3.01 Å². The van der Waals surface area contributed by atoms with Crippen LogP contribution in [0.1, 0.15) is 37.1 Å². The fourth-order valence-electron chi connectivity index (χ4n) is 1.88. The minimum Gasteiger partial charge on any atom is -0.142 e. The van der Waals surface area contributed by atoms with Crippen molar-refractivity contribution in [2.45, 2.75) is 32.1 Å². The van der Waals surface area contributed by atoms with E-state index >= 15 is 0 Å². The number of nitrogens with zero attached hydrogens (tertiary/aromatic N) is 2. The van der Waals surface area contributed by atoms with Gasteiger partial charge in [0.1, 0.15) is 5.01 Å². The third kappa shape index (κ3) is 1.64. The van der Waals surface area contributed by atoms with Gasteiger partial charge in [-0.1, -0.05) is 31.1 Å². The molecule has 4 heteroatoms. The lowest BCUT2D eigenvalue weighted by atomic mass is 9.99. The molecular weight excluding hydrogens is 283 g/mol. The van der Waals surface area contributed by atoms with Crippen molar-refractivity contribution in [3.8, 4) is 0 Å². The molecule has 0 aliphatic heterocycles. The van der Waals surface area contributed by atoms with E-state index < -0.39 is 0 Å². The van der Waals surface area contributed by atoms with Crippen molar-refractivity contribution < 1.29 is 0 Å². The molecule has 1 aliphatic carbocycles. The van der Waals surface area contributed by atoms with E-state index in [1.165, 1.54) is 24.3 Å². The maximum absolute atomic E-state index is 4.21. The van der Waals surface area contributed by atoms with Crippen LogP contribution in [0.4, 0.5) is 0 Å². The van der Waals surface area contributed by atoms with Crippen molar-refractivity contribution >= 4 is 33.9 Å². The van der Waals surface area contributed by atoms with Crippen molar-refractivity contribution in [2.24, 2.45) is 5.92 Å². The molecule has 0 bridgehead atoms. The second-order valence-electron chi connectivity index (χ2n) is 3.41. The summed E-state index contributed by atoms with van der Waals surface area (Å²) < 4.78 is 1.07. The number of hydrogen-bond acceptors (Lipinski definition) is 3. The molecule has 0 N–H and O–H groups in total. The van der Waals surface area contributed by atoms with Gasteiger partial charge in [0.25, 0.3) is 0 Å². The molecule has 1 saturated carbocycles. The van der Waals surface area contributed by atoms with Crippen molar-refractivity contribution in [3.63, 3.8) is 0 Å². The lowest BCUT2D eigenvalue weighted by Crippen LogP contribution is -2.00. The van der Waals surface area contributed by atoms with E-state index in [1.807, 2.05) is 0 Å². The van der Waals surface area contributed by atoms with Crippen molar-refractivity contribution in [1.29, 1.82) is 0 Å². The Bertz CT molecular complexity index is 274. The Labute approximate surface area is 89.9 Å². The SMILES string of the molecule is CC1CCCC1c1nnc(I)s1. The number of aromatic nitrogens is 2. The van der Waals surface area contributed by atoms with Crippen LogP contribution >= 0.6 is 33.9 Å². The van der Waals surface area contributed by atoms with Crippen LogP contribution < -0.4 is 0 Å². The van der Waals surface area contributed by atoms with E-state index in [2.05, 4.69) is 39.7 Å². The maximum atomic E-state index is 4.21. The first-order chi connectivity index (χ1) is 5.77. The largest absolute Gasteiger partial charge is 0.178 e. The highest BCUT2D eigenvalue weighted by Crippen LogP contribution is 2.40. The minimum atomic E-state index is 0.700. The summed E-state index contributed by atoms with van der Waals surface area (Å²) in [6.07, 6.45) is 4.04. The maximum Gasteiger partial charge on any atom is 0.178 e. The van der Waals surface area contributed by atoms with Gasteiger partial charge in [-0.3, -0.25) is 0 Å². The van der Waals surface area contributed by atoms with Gasteiger partial charge in [-0.05, 0) is 34.9 Å². The number of hydrogen-bond donors (Lipinski definition) is 0. The Kier molecular flexibility index (Phi) is 2.64. The molecule has 1 aromatic heterocycles. The Balaban J connectivity index is 2.19. The van der Waals surface area contributed by atoms with Crippen molar-refractivity contribution in [1.82, 2.24) is 10.2 Å². The van der Waals surface area contributed by atoms with Crippen LogP contribution in [-0.4, -0.2) is 10.2 Å². The highest BCUT2D eigenvalue weighted by Gasteiger charge is 2.27. The lowest BCUT2D eigenvalue weighted by Gasteiger charge is -2.09. The summed E-state index contributed by atoms with van der Waals surface area (Å²) in [4.78, 5) is 0. The Morgan fingerprint density at radius 3 is 2.75 bits per heavy atom. The van der Waals surface area contributed by atoms with Gasteiger partial charge in [-0.15, -0.1) is 10.2 Å². The first-order valence-corrected chi connectivity index (χ1v) is 6.16. The van der Waals surface area contributed by atoms with Crippen molar-refractivity contribution in [2.75, 3.05) is 0 Å². The average Bonchev–Trinajstić information content (AvgIpc) is 2.58. The Morgan fingerprint density at radius 1 is 1.42 bits per heavy atom. The van der Waals surface area contributed by atoms with Gasteiger partial charge in [0.05, 0.1) is 0 Å². The van der Waals surface area contributed by atoms with Crippen LogP contribution in [0, 0.1) is 8.93 Å². The molecule has 12 heavy (non-hydrogen) atoms. The third-order valence-electron chi connectivity index (χ3n) is 2.59. The molecule has 2 unspecified atom stereocenters. The molecule has 66 valence electrons. The molecule has 2 nitrogen and oxygen atoms in total. The summed E-state index contributed by atoms with van der Waals surface area (Å²) in [5.41, 5.74) is 0. The number of rotatable bonds is 1. The molecule has 1 heterocycles. The van der Waals surface area contributed by atoms with Gasteiger partial charge in [-0.2, -0.15) is 0 Å². The fraction of sp³-hybridized carbons (Fsp3) is 0.750. The van der Waals surface area contributed by atoms with E-state index in [4.69, 9.17) is 0 Å². The lowest BCUT2D eigenvalue weighted by molar-refractivity contribution is 0.527. The Morgan fingerprint density at radius 2 is 2.25 bits per heavy atom. The quantitative estimate of drug-likeness (QED) is 0.744. The van der Waals surface area contributed by atoms with Gasteiger partial charge in [-0.25, -0.2) is 0 Å². The second-order valence-corrected chi connectivity index (χ2v) is 6.17. The molecule has 0 spiro atoms. The molecule has 1 aliphatic rings.